The van der Waals surface area contributed by atoms with Crippen LogP contribution in [0.2, 0.25) is 6.55 Å². The van der Waals surface area contributed by atoms with Crippen molar-refractivity contribution < 1.29 is 8.85 Å². The van der Waals surface area contributed by atoms with E-state index in [2.05, 4.69) is 25.3 Å². The zero-order chi connectivity index (χ0) is 12.0. The molecule has 0 aliphatic heterocycles. The summed E-state index contributed by atoms with van der Waals surface area (Å²) in [4.78, 5) is 0. The van der Waals surface area contributed by atoms with Crippen molar-refractivity contribution in [3.8, 4) is 0 Å². The van der Waals surface area contributed by atoms with Crippen LogP contribution in [0.4, 0.5) is 0 Å². The van der Waals surface area contributed by atoms with Gasteiger partial charge < -0.3 is 8.85 Å². The van der Waals surface area contributed by atoms with Crippen LogP contribution in [0.1, 0.15) is 13.8 Å². The largest absolute Gasteiger partial charge is 0.391 e. The first-order valence-corrected chi connectivity index (χ1v) is 7.94. The topological polar surface area (TPSA) is 18.5 Å². The summed E-state index contributed by atoms with van der Waals surface area (Å²) < 4.78 is 11.9. The lowest BCUT2D eigenvalue weighted by atomic mass is 10.4. The van der Waals surface area contributed by atoms with Crippen LogP contribution in [-0.2, 0) is 8.85 Å². The van der Waals surface area contributed by atoms with Crippen LogP contribution in [0.5, 0.6) is 0 Å². The minimum absolute atomic E-state index is 0.0171. The van der Waals surface area contributed by atoms with Crippen molar-refractivity contribution in [3.05, 3.63) is 43.0 Å². The first kappa shape index (κ1) is 13.2. The lowest BCUT2D eigenvalue weighted by Crippen LogP contribution is -2.52. The Morgan fingerprint density at radius 2 is 2.00 bits per heavy atom. The molecule has 0 heterocycles. The van der Waals surface area contributed by atoms with E-state index in [1.54, 1.807) is 6.08 Å². The smallest absolute Gasteiger partial charge is 0.369 e. The minimum Gasteiger partial charge on any atom is -0.391 e. The maximum atomic E-state index is 6.01. The monoisotopic (exact) mass is 236 g/mol. The molecular formula is C13H20O2Si. The first-order chi connectivity index (χ1) is 7.62. The molecule has 2 unspecified atom stereocenters. The molecule has 1 rings (SSSR count). The number of benzene rings is 1. The fourth-order valence-electron chi connectivity index (χ4n) is 1.60. The quantitative estimate of drug-likeness (QED) is 0.558. The zero-order valence-electron chi connectivity index (χ0n) is 10.3. The summed E-state index contributed by atoms with van der Waals surface area (Å²) in [5.41, 5.74) is 0. The van der Waals surface area contributed by atoms with Crippen LogP contribution in [0.15, 0.2) is 43.0 Å². The molecule has 0 bridgehead atoms. The van der Waals surface area contributed by atoms with Crippen molar-refractivity contribution in [2.45, 2.75) is 26.5 Å². The van der Waals surface area contributed by atoms with Gasteiger partial charge in [-0.05, 0) is 25.6 Å². The summed E-state index contributed by atoms with van der Waals surface area (Å²) in [7, 11) is -2.28. The second-order valence-electron chi connectivity index (χ2n) is 3.80. The van der Waals surface area contributed by atoms with Gasteiger partial charge in [-0.25, -0.2) is 0 Å². The predicted molar refractivity (Wildman–Crippen MR) is 70.1 cm³/mol. The van der Waals surface area contributed by atoms with Gasteiger partial charge in [0.2, 0.25) is 0 Å². The Labute approximate surface area is 99.2 Å². The van der Waals surface area contributed by atoms with Gasteiger partial charge in [0.1, 0.15) is 0 Å². The molecule has 16 heavy (non-hydrogen) atoms. The summed E-state index contributed by atoms with van der Waals surface area (Å²) in [5.74, 6) is 0. The molecular weight excluding hydrogens is 216 g/mol. The van der Waals surface area contributed by atoms with Crippen LogP contribution in [-0.4, -0.2) is 21.3 Å². The van der Waals surface area contributed by atoms with E-state index in [4.69, 9.17) is 8.85 Å². The molecule has 0 aromatic heterocycles. The molecule has 1 aromatic rings. The highest BCUT2D eigenvalue weighted by molar-refractivity contribution is 6.80. The number of hydrogen-bond acceptors (Lipinski definition) is 2. The number of hydrogen-bond donors (Lipinski definition) is 0. The zero-order valence-corrected chi connectivity index (χ0v) is 11.3. The Bertz CT molecular complexity index is 326. The van der Waals surface area contributed by atoms with Crippen molar-refractivity contribution in [1.82, 2.24) is 0 Å². The van der Waals surface area contributed by atoms with Crippen LogP contribution in [0.25, 0.3) is 0 Å². The van der Waals surface area contributed by atoms with Crippen LogP contribution < -0.4 is 5.19 Å². The summed E-state index contributed by atoms with van der Waals surface area (Å²) in [6.45, 7) is 10.5. The van der Waals surface area contributed by atoms with E-state index in [1.165, 1.54) is 0 Å². The summed E-state index contributed by atoms with van der Waals surface area (Å²) in [5, 5.41) is 1.16. The fourth-order valence-corrected chi connectivity index (χ4v) is 4.13. The van der Waals surface area contributed by atoms with E-state index < -0.39 is 8.56 Å². The summed E-state index contributed by atoms with van der Waals surface area (Å²) >= 11 is 0. The molecule has 0 saturated carbocycles. The Kier molecular flexibility index (Phi) is 4.93. The molecule has 88 valence electrons. The van der Waals surface area contributed by atoms with Crippen LogP contribution in [0, 0.1) is 0 Å². The van der Waals surface area contributed by atoms with Crippen molar-refractivity contribution in [3.63, 3.8) is 0 Å². The minimum atomic E-state index is -2.28. The molecule has 1 aromatic carbocycles. The fraction of sp³-hybridized carbons (Fsp3) is 0.385. The maximum absolute atomic E-state index is 6.01. The lowest BCUT2D eigenvalue weighted by molar-refractivity contribution is 0.168. The van der Waals surface area contributed by atoms with Gasteiger partial charge in [-0.1, -0.05) is 36.4 Å². The second kappa shape index (κ2) is 5.99. The van der Waals surface area contributed by atoms with Gasteiger partial charge in [0.15, 0.2) is 0 Å². The standard InChI is InChI=1S/C13H20O2Si/c1-5-12(3)15-16(4,14-6-2)13-10-8-7-9-11-13/h5,7-12H,1,6H2,2-4H3. The van der Waals surface area contributed by atoms with Crippen molar-refractivity contribution in [1.29, 1.82) is 0 Å². The highest BCUT2D eigenvalue weighted by Gasteiger charge is 2.34. The van der Waals surface area contributed by atoms with Crippen LogP contribution >= 0.6 is 0 Å². The van der Waals surface area contributed by atoms with Crippen molar-refractivity contribution in [2.75, 3.05) is 6.61 Å². The predicted octanol–water partition coefficient (Wildman–Crippen LogP) is 2.59. The van der Waals surface area contributed by atoms with E-state index in [9.17, 15) is 0 Å². The summed E-state index contributed by atoms with van der Waals surface area (Å²) in [6, 6.07) is 10.2. The average Bonchev–Trinajstić information content (AvgIpc) is 2.30. The molecule has 0 saturated heterocycles. The maximum Gasteiger partial charge on any atom is 0.369 e. The van der Waals surface area contributed by atoms with Crippen molar-refractivity contribution in [2.24, 2.45) is 0 Å². The molecule has 0 amide bonds. The lowest BCUT2D eigenvalue weighted by Gasteiger charge is -2.29. The van der Waals surface area contributed by atoms with E-state index in [1.807, 2.05) is 32.0 Å². The number of rotatable bonds is 6. The Balaban J connectivity index is 2.92. The Morgan fingerprint density at radius 3 is 2.50 bits per heavy atom. The first-order valence-electron chi connectivity index (χ1n) is 5.62. The van der Waals surface area contributed by atoms with Gasteiger partial charge in [-0.15, -0.1) is 6.58 Å². The molecule has 0 aliphatic carbocycles. The van der Waals surface area contributed by atoms with E-state index in [0.717, 1.165) is 5.19 Å². The van der Waals surface area contributed by atoms with Crippen molar-refractivity contribution >= 4 is 13.7 Å². The highest BCUT2D eigenvalue weighted by atomic mass is 28.4. The van der Waals surface area contributed by atoms with E-state index in [0.29, 0.717) is 6.61 Å². The third-order valence-corrected chi connectivity index (χ3v) is 5.50. The van der Waals surface area contributed by atoms with Gasteiger partial charge in [0.25, 0.3) is 0 Å². The Morgan fingerprint density at radius 1 is 1.38 bits per heavy atom. The molecule has 2 nitrogen and oxygen atoms in total. The molecule has 0 N–H and O–H groups in total. The third kappa shape index (κ3) is 3.30. The van der Waals surface area contributed by atoms with E-state index in [-0.39, 0.29) is 6.10 Å². The normalized spacial score (nSPS) is 16.4. The molecule has 2 atom stereocenters. The third-order valence-electron chi connectivity index (χ3n) is 2.46. The summed E-state index contributed by atoms with van der Waals surface area (Å²) in [6.07, 6.45) is 1.82. The molecule has 0 fully saturated rings. The van der Waals surface area contributed by atoms with E-state index >= 15 is 0 Å². The van der Waals surface area contributed by atoms with Gasteiger partial charge in [-0.3, -0.25) is 0 Å². The van der Waals surface area contributed by atoms with Gasteiger partial charge in [0, 0.05) is 6.61 Å². The highest BCUT2D eigenvalue weighted by Crippen LogP contribution is 2.11. The molecule has 3 heteroatoms. The SMILES string of the molecule is C=CC(C)O[Si](C)(OCC)c1ccccc1. The second-order valence-corrected chi connectivity index (χ2v) is 6.80. The van der Waals surface area contributed by atoms with Gasteiger partial charge in [-0.2, -0.15) is 0 Å². The van der Waals surface area contributed by atoms with Gasteiger partial charge in [0.05, 0.1) is 6.10 Å². The van der Waals surface area contributed by atoms with Crippen LogP contribution in [0.3, 0.4) is 0 Å². The molecule has 0 spiro atoms. The van der Waals surface area contributed by atoms with Gasteiger partial charge >= 0.3 is 8.56 Å². The Hall–Kier alpha value is -0.903. The average molecular weight is 236 g/mol. The molecule has 0 aliphatic rings. The molecule has 0 radical (unpaired) electrons.